The van der Waals surface area contributed by atoms with E-state index in [2.05, 4.69) is 4.98 Å². The molecule has 0 saturated carbocycles. The van der Waals surface area contributed by atoms with Gasteiger partial charge in [0.1, 0.15) is 5.82 Å². The number of aromatic amines is 1. The fourth-order valence-electron chi connectivity index (χ4n) is 3.09. The number of hydrogen-bond acceptors (Lipinski definition) is 2. The van der Waals surface area contributed by atoms with Crippen LogP contribution in [0.1, 0.15) is 5.56 Å². The lowest BCUT2D eigenvalue weighted by atomic mass is 9.78. The lowest BCUT2D eigenvalue weighted by Crippen LogP contribution is -2.67. The average molecular weight is 274 g/mol. The van der Waals surface area contributed by atoms with Gasteiger partial charge in [-0.05, 0) is 23.8 Å². The molecule has 3 heterocycles. The first-order valence-electron chi connectivity index (χ1n) is 6.76. The third kappa shape index (κ3) is 1.73. The molecule has 1 N–H and O–H groups in total. The molecule has 20 heavy (non-hydrogen) atoms. The predicted octanol–water partition coefficient (Wildman–Crippen LogP) is 1.71. The van der Waals surface area contributed by atoms with E-state index in [0.717, 1.165) is 42.8 Å². The fraction of sp³-hybridized carbons (Fsp3) is 0.400. The van der Waals surface area contributed by atoms with Gasteiger partial charge in [-0.1, -0.05) is 0 Å². The minimum Gasteiger partial charge on any atom is -0.380 e. The van der Waals surface area contributed by atoms with Crippen molar-refractivity contribution >= 4 is 16.8 Å². The summed E-state index contributed by atoms with van der Waals surface area (Å²) in [6.45, 7) is 3.18. The number of ether oxygens (including phenoxy) is 1. The van der Waals surface area contributed by atoms with E-state index in [1.807, 2.05) is 4.90 Å². The summed E-state index contributed by atoms with van der Waals surface area (Å²) in [7, 11) is 0. The van der Waals surface area contributed by atoms with Crippen LogP contribution in [-0.2, 0) is 16.0 Å². The van der Waals surface area contributed by atoms with Gasteiger partial charge in [-0.25, -0.2) is 4.39 Å². The van der Waals surface area contributed by atoms with Crippen LogP contribution in [0.3, 0.4) is 0 Å². The molecular formula is C15H15FN2O2. The maximum Gasteiger partial charge on any atom is 0.227 e. The highest BCUT2D eigenvalue weighted by Crippen LogP contribution is 2.37. The Balaban J connectivity index is 1.49. The minimum atomic E-state index is -0.271. The first-order valence-corrected chi connectivity index (χ1v) is 6.76. The van der Waals surface area contributed by atoms with Gasteiger partial charge in [0.2, 0.25) is 5.91 Å². The minimum absolute atomic E-state index is 0.132. The highest BCUT2D eigenvalue weighted by Gasteiger charge is 2.50. The largest absolute Gasteiger partial charge is 0.380 e. The number of nitrogens with one attached hydrogen (secondary N) is 1. The van der Waals surface area contributed by atoms with E-state index in [1.54, 1.807) is 12.3 Å². The van der Waals surface area contributed by atoms with Crippen molar-refractivity contribution in [2.24, 2.45) is 5.41 Å². The number of fused-ring (bicyclic) bond motifs is 1. The molecule has 1 spiro atoms. The van der Waals surface area contributed by atoms with E-state index in [1.165, 1.54) is 12.1 Å². The molecule has 4 nitrogen and oxygen atoms in total. The molecule has 2 aromatic rings. The normalized spacial score (nSPS) is 19.9. The topological polar surface area (TPSA) is 45.3 Å². The van der Waals surface area contributed by atoms with Crippen LogP contribution in [0.25, 0.3) is 10.9 Å². The standard InChI is InChI=1S/C15H15FN2O2/c16-11-1-2-12-10(5-17-13(12)4-11)3-14(19)18-6-15(7-18)8-20-9-15/h1-2,4-5,17H,3,6-9H2. The number of carbonyl (C=O) groups excluding carboxylic acids is 1. The van der Waals surface area contributed by atoms with E-state index in [9.17, 15) is 9.18 Å². The second kappa shape index (κ2) is 4.06. The molecule has 1 amide bonds. The molecule has 0 aliphatic carbocycles. The summed E-state index contributed by atoms with van der Waals surface area (Å²) in [5.41, 5.74) is 1.91. The van der Waals surface area contributed by atoms with Crippen LogP contribution in [0.4, 0.5) is 4.39 Å². The maximum atomic E-state index is 13.1. The first-order chi connectivity index (χ1) is 9.65. The van der Waals surface area contributed by atoms with Crippen LogP contribution in [0.5, 0.6) is 0 Å². The number of halogens is 1. The van der Waals surface area contributed by atoms with Crippen molar-refractivity contribution in [3.8, 4) is 0 Å². The molecule has 0 bridgehead atoms. The summed E-state index contributed by atoms with van der Waals surface area (Å²) < 4.78 is 18.3. The van der Waals surface area contributed by atoms with E-state index in [-0.39, 0.29) is 17.1 Å². The Kier molecular flexibility index (Phi) is 2.41. The van der Waals surface area contributed by atoms with E-state index < -0.39 is 0 Å². The molecule has 2 aliphatic rings. The highest BCUT2D eigenvalue weighted by atomic mass is 19.1. The fourth-order valence-corrected chi connectivity index (χ4v) is 3.09. The van der Waals surface area contributed by atoms with E-state index in [4.69, 9.17) is 4.74 Å². The number of hydrogen-bond donors (Lipinski definition) is 1. The van der Waals surface area contributed by atoms with Crippen LogP contribution < -0.4 is 0 Å². The van der Waals surface area contributed by atoms with Gasteiger partial charge in [0, 0.05) is 30.2 Å². The SMILES string of the molecule is O=C(Cc1c[nH]c2cc(F)ccc12)N1CC2(COC2)C1. The third-order valence-electron chi connectivity index (χ3n) is 4.29. The number of amides is 1. The average Bonchev–Trinajstić information content (AvgIpc) is 2.68. The number of aromatic nitrogens is 1. The molecule has 2 fully saturated rings. The van der Waals surface area contributed by atoms with Gasteiger partial charge in [0.05, 0.1) is 25.0 Å². The van der Waals surface area contributed by atoms with Gasteiger partial charge in [-0.3, -0.25) is 4.79 Å². The summed E-state index contributed by atoms with van der Waals surface area (Å²) in [6.07, 6.45) is 2.16. The molecule has 1 aromatic heterocycles. The van der Waals surface area contributed by atoms with Gasteiger partial charge < -0.3 is 14.6 Å². The number of rotatable bonds is 2. The quantitative estimate of drug-likeness (QED) is 0.906. The number of nitrogens with zero attached hydrogens (tertiary/aromatic N) is 1. The first kappa shape index (κ1) is 11.9. The van der Waals surface area contributed by atoms with Crippen molar-refractivity contribution in [1.29, 1.82) is 0 Å². The van der Waals surface area contributed by atoms with Crippen molar-refractivity contribution in [2.75, 3.05) is 26.3 Å². The summed E-state index contributed by atoms with van der Waals surface area (Å²) in [4.78, 5) is 17.1. The van der Waals surface area contributed by atoms with Crippen molar-refractivity contribution in [3.05, 3.63) is 35.8 Å². The highest BCUT2D eigenvalue weighted by molar-refractivity contribution is 5.89. The zero-order chi connectivity index (χ0) is 13.7. The molecule has 104 valence electrons. The van der Waals surface area contributed by atoms with E-state index >= 15 is 0 Å². The van der Waals surface area contributed by atoms with Gasteiger partial charge in [-0.15, -0.1) is 0 Å². The lowest BCUT2D eigenvalue weighted by molar-refractivity contribution is -0.194. The number of benzene rings is 1. The summed E-state index contributed by atoms with van der Waals surface area (Å²) >= 11 is 0. The van der Waals surface area contributed by atoms with Crippen LogP contribution in [0.15, 0.2) is 24.4 Å². The van der Waals surface area contributed by atoms with Gasteiger partial charge >= 0.3 is 0 Å². The van der Waals surface area contributed by atoms with Crippen molar-refractivity contribution in [2.45, 2.75) is 6.42 Å². The Labute approximate surface area is 115 Å². The zero-order valence-electron chi connectivity index (χ0n) is 11.0. The second-order valence-electron chi connectivity index (χ2n) is 5.92. The molecular weight excluding hydrogens is 259 g/mol. The monoisotopic (exact) mass is 274 g/mol. The maximum absolute atomic E-state index is 13.1. The summed E-state index contributed by atoms with van der Waals surface area (Å²) in [5.74, 6) is -0.139. The van der Waals surface area contributed by atoms with Crippen molar-refractivity contribution in [1.82, 2.24) is 9.88 Å². The number of H-pyrrole nitrogens is 1. The molecule has 4 rings (SSSR count). The van der Waals surface area contributed by atoms with Crippen LogP contribution in [-0.4, -0.2) is 42.1 Å². The molecule has 0 unspecified atom stereocenters. The van der Waals surface area contributed by atoms with Crippen molar-refractivity contribution in [3.63, 3.8) is 0 Å². The molecule has 2 saturated heterocycles. The molecule has 0 atom stereocenters. The Morgan fingerprint density at radius 3 is 2.90 bits per heavy atom. The van der Waals surface area contributed by atoms with Crippen LogP contribution in [0.2, 0.25) is 0 Å². The van der Waals surface area contributed by atoms with Gasteiger partial charge in [0.25, 0.3) is 0 Å². The van der Waals surface area contributed by atoms with Gasteiger partial charge in [0.15, 0.2) is 0 Å². The lowest BCUT2D eigenvalue weighted by Gasteiger charge is -2.55. The Hall–Kier alpha value is -1.88. The number of carbonyl (C=O) groups is 1. The zero-order valence-corrected chi connectivity index (χ0v) is 11.0. The van der Waals surface area contributed by atoms with Crippen LogP contribution in [0, 0.1) is 11.2 Å². The van der Waals surface area contributed by atoms with Crippen LogP contribution >= 0.6 is 0 Å². The third-order valence-corrected chi connectivity index (χ3v) is 4.29. The molecule has 1 aromatic carbocycles. The molecule has 5 heteroatoms. The molecule has 0 radical (unpaired) electrons. The summed E-state index contributed by atoms with van der Waals surface area (Å²) in [5, 5.41) is 0.918. The predicted molar refractivity (Wildman–Crippen MR) is 71.8 cm³/mol. The van der Waals surface area contributed by atoms with Crippen molar-refractivity contribution < 1.29 is 13.9 Å². The van der Waals surface area contributed by atoms with E-state index in [0.29, 0.717) is 6.42 Å². The molecule has 2 aliphatic heterocycles. The Morgan fingerprint density at radius 1 is 1.40 bits per heavy atom. The Morgan fingerprint density at radius 2 is 2.20 bits per heavy atom. The summed E-state index contributed by atoms with van der Waals surface area (Å²) in [6, 6.07) is 4.60. The Bertz CT molecular complexity index is 682. The number of likely N-dealkylation sites (tertiary alicyclic amines) is 1. The smallest absolute Gasteiger partial charge is 0.227 e. The second-order valence-corrected chi connectivity index (χ2v) is 5.92. The van der Waals surface area contributed by atoms with Gasteiger partial charge in [-0.2, -0.15) is 0 Å².